The van der Waals surface area contributed by atoms with E-state index in [1.165, 1.54) is 12.3 Å². The maximum Gasteiger partial charge on any atom is 0.299 e. The molecule has 4 N–H and O–H groups in total. The van der Waals surface area contributed by atoms with Crippen LogP contribution in [0.4, 0.5) is 23.5 Å². The highest BCUT2D eigenvalue weighted by Gasteiger charge is 2.21. The van der Waals surface area contributed by atoms with Crippen LogP contribution in [-0.2, 0) is 16.6 Å². The molecule has 1 unspecified atom stereocenters. The van der Waals surface area contributed by atoms with Crippen molar-refractivity contribution in [2.24, 2.45) is 5.73 Å². The van der Waals surface area contributed by atoms with Crippen LogP contribution in [0.25, 0.3) is 22.2 Å². The molecule has 1 aliphatic heterocycles. The Morgan fingerprint density at radius 1 is 1.20 bits per heavy atom. The van der Waals surface area contributed by atoms with Gasteiger partial charge in [0.15, 0.2) is 5.82 Å². The van der Waals surface area contributed by atoms with E-state index in [0.717, 1.165) is 37.7 Å². The van der Waals surface area contributed by atoms with E-state index in [4.69, 9.17) is 14.5 Å². The van der Waals surface area contributed by atoms with Crippen LogP contribution in [0.1, 0.15) is 32.3 Å². The molecule has 0 spiro atoms. The fourth-order valence-electron chi connectivity index (χ4n) is 3.70. The highest BCUT2D eigenvalue weighted by molar-refractivity contribution is 7.79. The number of hydrogen-bond donors (Lipinski definition) is 3. The van der Waals surface area contributed by atoms with Crippen molar-refractivity contribution in [1.82, 2.24) is 20.3 Å². The van der Waals surface area contributed by atoms with Crippen molar-refractivity contribution in [3.8, 4) is 11.3 Å². The fraction of sp³-hybridized carbons (Fsp3) is 0.409. The van der Waals surface area contributed by atoms with Gasteiger partial charge in [-0.2, -0.15) is 8.78 Å². The van der Waals surface area contributed by atoms with Gasteiger partial charge in [0.05, 0.1) is 6.20 Å². The van der Waals surface area contributed by atoms with E-state index in [1.54, 1.807) is 12.1 Å². The molecule has 3 aromatic rings. The molecule has 0 radical (unpaired) electrons. The summed E-state index contributed by atoms with van der Waals surface area (Å²) in [6, 6.07) is 4.92. The van der Waals surface area contributed by atoms with E-state index in [-0.39, 0.29) is 17.3 Å². The number of rotatable bonds is 5. The van der Waals surface area contributed by atoms with E-state index in [1.807, 2.05) is 13.8 Å². The molecule has 3 heterocycles. The summed E-state index contributed by atoms with van der Waals surface area (Å²) in [6.45, 7) is 5.48. The van der Waals surface area contributed by atoms with Gasteiger partial charge >= 0.3 is 0 Å². The third-order valence-electron chi connectivity index (χ3n) is 5.33. The van der Waals surface area contributed by atoms with E-state index < -0.39 is 34.0 Å². The number of nitrogens with two attached hydrogens (primary N) is 1. The predicted molar refractivity (Wildman–Crippen MR) is 124 cm³/mol. The third kappa shape index (κ3) is 6.90. The Kier molecular flexibility index (Phi) is 8.70. The fourth-order valence-corrected chi connectivity index (χ4v) is 3.70. The molecule has 1 aromatic carbocycles. The lowest BCUT2D eigenvalue weighted by Crippen LogP contribution is -2.35. The minimum absolute atomic E-state index is 0.0434. The number of hydrogen-bond acceptors (Lipinski definition) is 8. The first-order valence-corrected chi connectivity index (χ1v) is 11.8. The van der Waals surface area contributed by atoms with E-state index in [2.05, 4.69) is 25.6 Å². The zero-order chi connectivity index (χ0) is 25.8. The molecule has 13 heteroatoms. The number of fused-ring (bicyclic) bond motifs is 1. The average molecular weight is 514 g/mol. The minimum Gasteiger partial charge on any atom is -0.768 e. The van der Waals surface area contributed by atoms with Crippen molar-refractivity contribution in [1.29, 1.82) is 0 Å². The summed E-state index contributed by atoms with van der Waals surface area (Å²) >= 11 is -3.20. The van der Waals surface area contributed by atoms with Crippen molar-refractivity contribution in [3.63, 3.8) is 0 Å². The second-order valence-electron chi connectivity index (χ2n) is 8.51. The Morgan fingerprint density at radius 3 is 2.46 bits per heavy atom. The Bertz CT molecular complexity index is 1200. The number of benzene rings is 1. The highest BCUT2D eigenvalue weighted by atomic mass is 32.2. The SMILES string of the molecule is CC(C)(N)c1ccnc2c(F)cc(-c3nc(NC4CCNCC4)ncc3F)cc12.O=S([O-])C(F)F. The van der Waals surface area contributed by atoms with Crippen LogP contribution >= 0.6 is 0 Å². The van der Waals surface area contributed by atoms with Crippen LogP contribution in [0.3, 0.4) is 0 Å². The maximum atomic E-state index is 14.8. The molecule has 4 rings (SSSR count). The number of nitrogens with one attached hydrogen (secondary N) is 2. The molecule has 1 aliphatic rings. The average Bonchev–Trinajstić information content (AvgIpc) is 2.80. The van der Waals surface area contributed by atoms with Gasteiger partial charge in [-0.25, -0.2) is 18.7 Å². The number of anilines is 1. The Morgan fingerprint density at radius 2 is 1.86 bits per heavy atom. The molecule has 0 saturated carbocycles. The van der Waals surface area contributed by atoms with Gasteiger partial charge in [-0.3, -0.25) is 9.19 Å². The van der Waals surface area contributed by atoms with Gasteiger partial charge in [-0.05, 0) is 63.5 Å². The first-order valence-electron chi connectivity index (χ1n) is 10.7. The van der Waals surface area contributed by atoms with Gasteiger partial charge in [0.25, 0.3) is 5.76 Å². The summed E-state index contributed by atoms with van der Waals surface area (Å²) in [5.74, 6) is -4.06. The molecule has 35 heavy (non-hydrogen) atoms. The molecule has 0 bridgehead atoms. The molecular weight excluding hydrogens is 488 g/mol. The highest BCUT2D eigenvalue weighted by Crippen LogP contribution is 2.32. The van der Waals surface area contributed by atoms with Crippen molar-refractivity contribution in [2.75, 3.05) is 18.4 Å². The molecular formula is C22H25F4N6O2S-. The normalized spacial score (nSPS) is 15.6. The van der Waals surface area contributed by atoms with Crippen LogP contribution in [-0.4, -0.2) is 48.6 Å². The van der Waals surface area contributed by atoms with Crippen molar-refractivity contribution >= 4 is 27.9 Å². The first kappa shape index (κ1) is 26.9. The summed E-state index contributed by atoms with van der Waals surface area (Å²) in [5, 5.41) is 7.08. The zero-order valence-electron chi connectivity index (χ0n) is 19.0. The van der Waals surface area contributed by atoms with Crippen molar-refractivity contribution in [3.05, 3.63) is 47.8 Å². The number of pyridine rings is 1. The molecule has 1 atom stereocenters. The number of alkyl halides is 2. The van der Waals surface area contributed by atoms with Crippen molar-refractivity contribution in [2.45, 2.75) is 44.0 Å². The van der Waals surface area contributed by atoms with Gasteiger partial charge in [0, 0.05) is 39.8 Å². The van der Waals surface area contributed by atoms with Gasteiger partial charge < -0.3 is 20.9 Å². The summed E-state index contributed by atoms with van der Waals surface area (Å²) in [5.41, 5.74) is 6.84. The molecule has 1 fully saturated rings. The Labute approximate surface area is 202 Å². The summed E-state index contributed by atoms with van der Waals surface area (Å²) in [4.78, 5) is 12.5. The van der Waals surface area contributed by atoms with Gasteiger partial charge in [-0.15, -0.1) is 0 Å². The number of aromatic nitrogens is 3. The topological polar surface area (TPSA) is 129 Å². The monoisotopic (exact) mass is 513 g/mol. The minimum atomic E-state index is -3.23. The summed E-state index contributed by atoms with van der Waals surface area (Å²) in [6.07, 6.45) is 4.51. The zero-order valence-corrected chi connectivity index (χ0v) is 19.8. The van der Waals surface area contributed by atoms with Crippen LogP contribution in [0, 0.1) is 11.6 Å². The van der Waals surface area contributed by atoms with Crippen LogP contribution in [0.15, 0.2) is 30.6 Å². The molecule has 1 saturated heterocycles. The van der Waals surface area contributed by atoms with Crippen molar-refractivity contribution < 1.29 is 26.3 Å². The second kappa shape index (κ2) is 11.3. The van der Waals surface area contributed by atoms with Crippen LogP contribution in [0.5, 0.6) is 0 Å². The Balaban J connectivity index is 0.000000509. The molecule has 2 aromatic heterocycles. The smallest absolute Gasteiger partial charge is 0.299 e. The maximum absolute atomic E-state index is 14.8. The quantitative estimate of drug-likeness (QED) is 0.350. The molecule has 190 valence electrons. The lowest BCUT2D eigenvalue weighted by atomic mass is 9.91. The van der Waals surface area contributed by atoms with Crippen LogP contribution < -0.4 is 16.4 Å². The van der Waals surface area contributed by atoms with E-state index >= 15 is 0 Å². The number of piperidine rings is 1. The predicted octanol–water partition coefficient (Wildman–Crippen LogP) is 3.42. The second-order valence-corrected chi connectivity index (χ2v) is 9.39. The van der Waals surface area contributed by atoms with Gasteiger partial charge in [0.1, 0.15) is 17.0 Å². The standard InChI is InChI=1S/C21H24F2N6.CH2F2O2S/c1-21(2,24)15-5-8-26-19-14(15)9-12(10-16(19)22)18-17(23)11-27-20(29-18)28-13-3-6-25-7-4-13;2-1(3)6(4)5/h5,8-11,13,25H,3-4,6-7,24H2,1-2H3,(H,27,28,29);1H,(H,4,5)/p-1. The number of halogens is 4. The van der Waals surface area contributed by atoms with E-state index in [9.17, 15) is 17.6 Å². The lowest BCUT2D eigenvalue weighted by Gasteiger charge is -2.23. The molecule has 0 aliphatic carbocycles. The first-order chi connectivity index (χ1) is 16.5. The number of nitrogens with zero attached hydrogens (tertiary/aromatic N) is 3. The molecule has 0 amide bonds. The third-order valence-corrected chi connectivity index (χ3v) is 5.62. The Hall–Kier alpha value is -2.74. The van der Waals surface area contributed by atoms with Gasteiger partial charge in [0.2, 0.25) is 5.95 Å². The van der Waals surface area contributed by atoms with Gasteiger partial charge in [-0.1, -0.05) is 0 Å². The lowest BCUT2D eigenvalue weighted by molar-refractivity contribution is 0.229. The van der Waals surface area contributed by atoms with Crippen LogP contribution in [0.2, 0.25) is 0 Å². The largest absolute Gasteiger partial charge is 0.768 e. The summed E-state index contributed by atoms with van der Waals surface area (Å²) in [7, 11) is 0. The molecule has 8 nitrogen and oxygen atoms in total. The summed E-state index contributed by atoms with van der Waals surface area (Å²) < 4.78 is 68.4. The van der Waals surface area contributed by atoms with E-state index in [0.29, 0.717) is 16.9 Å².